The third kappa shape index (κ3) is 5.26. The number of hydrogen-bond donors (Lipinski definition) is 2. The summed E-state index contributed by atoms with van der Waals surface area (Å²) in [6.45, 7) is 0. The molecule has 7 heteroatoms. The maximum absolute atomic E-state index is 11.9. The number of carbonyl (C=O) groups excluding carboxylic acids is 2. The molecule has 0 aliphatic carbocycles. The van der Waals surface area contributed by atoms with Crippen LogP contribution in [-0.4, -0.2) is 18.9 Å². The van der Waals surface area contributed by atoms with E-state index in [0.717, 1.165) is 4.47 Å². The monoisotopic (exact) mass is 396 g/mol. The molecule has 0 aromatic heterocycles. The first-order valence-corrected chi connectivity index (χ1v) is 7.84. The maximum atomic E-state index is 11.9. The summed E-state index contributed by atoms with van der Waals surface area (Å²) in [6, 6.07) is 11.9. The van der Waals surface area contributed by atoms with Crippen LogP contribution in [0.25, 0.3) is 0 Å². The SMILES string of the molecule is COc1ccc(NC(=O)CC(=O)Nc2ccc(Br)cc2)cc1Cl. The van der Waals surface area contributed by atoms with Crippen molar-refractivity contribution in [2.75, 3.05) is 17.7 Å². The van der Waals surface area contributed by atoms with Gasteiger partial charge in [-0.2, -0.15) is 0 Å². The average molecular weight is 398 g/mol. The summed E-state index contributed by atoms with van der Waals surface area (Å²) in [5, 5.41) is 5.64. The van der Waals surface area contributed by atoms with Gasteiger partial charge >= 0.3 is 0 Å². The van der Waals surface area contributed by atoms with Gasteiger partial charge in [0.1, 0.15) is 12.2 Å². The average Bonchev–Trinajstić information content (AvgIpc) is 2.49. The Morgan fingerprint density at radius 1 is 1.04 bits per heavy atom. The smallest absolute Gasteiger partial charge is 0.233 e. The largest absolute Gasteiger partial charge is 0.495 e. The number of methoxy groups -OCH3 is 1. The highest BCUT2D eigenvalue weighted by atomic mass is 79.9. The van der Waals surface area contributed by atoms with E-state index in [2.05, 4.69) is 26.6 Å². The summed E-state index contributed by atoms with van der Waals surface area (Å²) in [7, 11) is 1.51. The highest BCUT2D eigenvalue weighted by molar-refractivity contribution is 9.10. The molecule has 120 valence electrons. The van der Waals surface area contributed by atoms with Crippen LogP contribution in [0.5, 0.6) is 5.75 Å². The second-order valence-electron chi connectivity index (χ2n) is 4.63. The van der Waals surface area contributed by atoms with Crippen molar-refractivity contribution in [1.82, 2.24) is 0 Å². The Morgan fingerprint density at radius 2 is 1.61 bits per heavy atom. The summed E-state index contributed by atoms with van der Waals surface area (Å²) in [5.74, 6) is -0.317. The van der Waals surface area contributed by atoms with Crippen LogP contribution >= 0.6 is 27.5 Å². The number of benzene rings is 2. The van der Waals surface area contributed by atoms with Crippen molar-refractivity contribution in [3.63, 3.8) is 0 Å². The van der Waals surface area contributed by atoms with Crippen molar-refractivity contribution < 1.29 is 14.3 Å². The molecule has 2 aromatic rings. The highest BCUT2D eigenvalue weighted by Gasteiger charge is 2.11. The van der Waals surface area contributed by atoms with Gasteiger partial charge in [-0.15, -0.1) is 0 Å². The Labute approximate surface area is 147 Å². The van der Waals surface area contributed by atoms with Crippen LogP contribution in [0.2, 0.25) is 5.02 Å². The fourth-order valence-electron chi connectivity index (χ4n) is 1.83. The van der Waals surface area contributed by atoms with E-state index in [0.29, 0.717) is 22.1 Å². The van der Waals surface area contributed by atoms with E-state index in [1.165, 1.54) is 7.11 Å². The molecule has 0 aliphatic rings. The van der Waals surface area contributed by atoms with Gasteiger partial charge in [0, 0.05) is 15.8 Å². The number of amides is 2. The number of rotatable bonds is 5. The van der Waals surface area contributed by atoms with Crippen molar-refractivity contribution in [3.8, 4) is 5.75 Å². The molecular formula is C16H14BrClN2O3. The van der Waals surface area contributed by atoms with Gasteiger partial charge in [-0.25, -0.2) is 0 Å². The first-order valence-electron chi connectivity index (χ1n) is 6.67. The fourth-order valence-corrected chi connectivity index (χ4v) is 2.36. The number of nitrogens with one attached hydrogen (secondary N) is 2. The minimum absolute atomic E-state index is 0.292. The highest BCUT2D eigenvalue weighted by Crippen LogP contribution is 2.27. The first kappa shape index (κ1) is 17.3. The molecule has 0 spiro atoms. The first-order chi connectivity index (χ1) is 11.0. The van der Waals surface area contributed by atoms with Crippen LogP contribution in [0.1, 0.15) is 6.42 Å². The quantitative estimate of drug-likeness (QED) is 0.747. The predicted molar refractivity (Wildman–Crippen MR) is 94.0 cm³/mol. The number of hydrogen-bond acceptors (Lipinski definition) is 3. The van der Waals surface area contributed by atoms with Gasteiger partial charge in [0.05, 0.1) is 12.1 Å². The summed E-state index contributed by atoms with van der Waals surface area (Å²) in [6.07, 6.45) is -0.292. The number of carbonyl (C=O) groups is 2. The molecule has 5 nitrogen and oxygen atoms in total. The van der Waals surface area contributed by atoms with E-state index in [9.17, 15) is 9.59 Å². The van der Waals surface area contributed by atoms with Crippen molar-refractivity contribution in [1.29, 1.82) is 0 Å². The third-order valence-corrected chi connectivity index (χ3v) is 3.71. The van der Waals surface area contributed by atoms with Crippen LogP contribution in [-0.2, 0) is 9.59 Å². The van der Waals surface area contributed by atoms with E-state index in [1.807, 2.05) is 0 Å². The van der Waals surface area contributed by atoms with Crippen LogP contribution < -0.4 is 15.4 Å². The second kappa shape index (κ2) is 7.99. The molecule has 0 radical (unpaired) electrons. The third-order valence-electron chi connectivity index (χ3n) is 2.88. The van der Waals surface area contributed by atoms with Gasteiger partial charge in [-0.1, -0.05) is 27.5 Å². The van der Waals surface area contributed by atoms with Crippen molar-refractivity contribution in [3.05, 3.63) is 52.0 Å². The molecule has 0 saturated heterocycles. The molecule has 0 aliphatic heterocycles. The normalized spacial score (nSPS) is 10.0. The summed E-state index contributed by atoms with van der Waals surface area (Å²) in [4.78, 5) is 23.7. The molecule has 0 unspecified atom stereocenters. The number of anilines is 2. The van der Waals surface area contributed by atoms with E-state index in [4.69, 9.17) is 16.3 Å². The topological polar surface area (TPSA) is 67.4 Å². The van der Waals surface area contributed by atoms with Gasteiger partial charge in [-0.05, 0) is 42.5 Å². The zero-order valence-electron chi connectivity index (χ0n) is 12.2. The molecule has 2 N–H and O–H groups in total. The van der Waals surface area contributed by atoms with Crippen LogP contribution in [0.3, 0.4) is 0 Å². The zero-order valence-corrected chi connectivity index (χ0v) is 14.6. The Morgan fingerprint density at radius 3 is 2.17 bits per heavy atom. The standard InChI is InChI=1S/C16H14BrClN2O3/c1-23-14-7-6-12(8-13(14)18)20-16(22)9-15(21)19-11-4-2-10(17)3-5-11/h2-8H,9H2,1H3,(H,19,21)(H,20,22). The lowest BCUT2D eigenvalue weighted by atomic mass is 10.2. The van der Waals surface area contributed by atoms with Gasteiger partial charge in [-0.3, -0.25) is 9.59 Å². The Kier molecular flexibility index (Phi) is 6.01. The van der Waals surface area contributed by atoms with Crippen LogP contribution in [0.4, 0.5) is 11.4 Å². The van der Waals surface area contributed by atoms with E-state index < -0.39 is 11.8 Å². The molecule has 2 amide bonds. The lowest BCUT2D eigenvalue weighted by molar-refractivity contribution is -0.123. The van der Waals surface area contributed by atoms with Crippen LogP contribution in [0.15, 0.2) is 46.9 Å². The van der Waals surface area contributed by atoms with Gasteiger partial charge in [0.2, 0.25) is 11.8 Å². The molecule has 23 heavy (non-hydrogen) atoms. The minimum atomic E-state index is -0.430. The Bertz CT molecular complexity index is 720. The molecule has 2 rings (SSSR count). The molecule has 2 aromatic carbocycles. The van der Waals surface area contributed by atoms with Gasteiger partial charge in [0.25, 0.3) is 0 Å². The van der Waals surface area contributed by atoms with Crippen LogP contribution in [0, 0.1) is 0 Å². The molecule has 0 bridgehead atoms. The van der Waals surface area contributed by atoms with Crippen molar-refractivity contribution in [2.24, 2.45) is 0 Å². The van der Waals surface area contributed by atoms with Gasteiger partial charge < -0.3 is 15.4 Å². The summed E-state index contributed by atoms with van der Waals surface area (Å²) >= 11 is 9.29. The zero-order chi connectivity index (χ0) is 16.8. The van der Waals surface area contributed by atoms with Gasteiger partial charge in [0.15, 0.2) is 0 Å². The molecule has 0 fully saturated rings. The number of halogens is 2. The maximum Gasteiger partial charge on any atom is 0.233 e. The minimum Gasteiger partial charge on any atom is -0.495 e. The molecule has 0 saturated carbocycles. The van der Waals surface area contributed by atoms with E-state index >= 15 is 0 Å². The summed E-state index contributed by atoms with van der Waals surface area (Å²) in [5.41, 5.74) is 1.12. The van der Waals surface area contributed by atoms with Crippen molar-refractivity contribution >= 4 is 50.7 Å². The van der Waals surface area contributed by atoms with Crippen molar-refractivity contribution in [2.45, 2.75) is 6.42 Å². The fraction of sp³-hybridized carbons (Fsp3) is 0.125. The predicted octanol–water partition coefficient (Wildman–Crippen LogP) is 4.08. The lowest BCUT2D eigenvalue weighted by Gasteiger charge is -2.08. The van der Waals surface area contributed by atoms with E-state index in [-0.39, 0.29) is 6.42 Å². The Balaban J connectivity index is 1.90. The Hall–Kier alpha value is -2.05. The molecular weight excluding hydrogens is 384 g/mol. The lowest BCUT2D eigenvalue weighted by Crippen LogP contribution is -2.21. The number of ether oxygens (including phenoxy) is 1. The second-order valence-corrected chi connectivity index (χ2v) is 5.95. The summed E-state index contributed by atoms with van der Waals surface area (Å²) < 4.78 is 5.94. The molecule has 0 heterocycles. The van der Waals surface area contributed by atoms with E-state index in [1.54, 1.807) is 42.5 Å². The molecule has 0 atom stereocenters.